The Kier molecular flexibility index (Phi) is 3.44. The van der Waals surface area contributed by atoms with Crippen molar-refractivity contribution in [1.29, 1.82) is 0 Å². The molecule has 1 aliphatic carbocycles. The maximum absolute atomic E-state index is 3.56. The minimum atomic E-state index is 1.19. The van der Waals surface area contributed by atoms with Crippen LogP contribution in [0, 0.1) is 0 Å². The van der Waals surface area contributed by atoms with Gasteiger partial charge in [-0.2, -0.15) is 0 Å². The molecular weight excluding hydrogens is 182 g/mol. The Hall–Kier alpha value is -1.24. The van der Waals surface area contributed by atoms with Gasteiger partial charge in [-0.25, -0.2) is 0 Å². The molecule has 1 aliphatic rings. The number of rotatable bonds is 3. The zero-order valence-corrected chi connectivity index (χ0v) is 9.42. The van der Waals surface area contributed by atoms with Crippen molar-refractivity contribution in [2.75, 3.05) is 5.32 Å². The molecule has 0 saturated heterocycles. The van der Waals surface area contributed by atoms with Crippen molar-refractivity contribution < 1.29 is 0 Å². The van der Waals surface area contributed by atoms with E-state index in [-0.39, 0.29) is 0 Å². The van der Waals surface area contributed by atoms with E-state index >= 15 is 0 Å². The van der Waals surface area contributed by atoms with Crippen LogP contribution in [0.3, 0.4) is 0 Å². The molecule has 1 N–H and O–H groups in total. The zero-order chi connectivity index (χ0) is 10.5. The Balaban J connectivity index is 2.13. The van der Waals surface area contributed by atoms with Crippen molar-refractivity contribution in [2.45, 2.75) is 39.0 Å². The van der Waals surface area contributed by atoms with Crippen LogP contribution in [0.2, 0.25) is 0 Å². The van der Waals surface area contributed by atoms with E-state index in [9.17, 15) is 0 Å². The molecule has 2 rings (SSSR count). The second-order valence-electron chi connectivity index (χ2n) is 4.13. The average Bonchev–Trinajstić information content (AvgIpc) is 2.31. The van der Waals surface area contributed by atoms with Crippen LogP contribution in [0.15, 0.2) is 41.6 Å². The first-order chi connectivity index (χ1) is 7.40. The summed E-state index contributed by atoms with van der Waals surface area (Å²) in [6.07, 6.45) is 6.39. The van der Waals surface area contributed by atoms with Crippen LogP contribution in [0.5, 0.6) is 0 Å². The first kappa shape index (κ1) is 10.3. The molecule has 0 atom stereocenters. The van der Waals surface area contributed by atoms with Gasteiger partial charge in [0.25, 0.3) is 0 Å². The summed E-state index contributed by atoms with van der Waals surface area (Å²) in [5.41, 5.74) is 4.31. The molecule has 15 heavy (non-hydrogen) atoms. The molecule has 0 unspecified atom stereocenters. The fraction of sp³-hybridized carbons (Fsp3) is 0.429. The highest BCUT2D eigenvalue weighted by Crippen LogP contribution is 2.27. The van der Waals surface area contributed by atoms with Crippen molar-refractivity contribution >= 4 is 5.69 Å². The molecule has 0 heterocycles. The van der Waals surface area contributed by atoms with Gasteiger partial charge in [0.15, 0.2) is 0 Å². The van der Waals surface area contributed by atoms with Crippen LogP contribution < -0.4 is 5.32 Å². The summed E-state index contributed by atoms with van der Waals surface area (Å²) in [4.78, 5) is 0. The lowest BCUT2D eigenvalue weighted by Crippen LogP contribution is -2.07. The van der Waals surface area contributed by atoms with Gasteiger partial charge in [-0.1, -0.05) is 30.7 Å². The van der Waals surface area contributed by atoms with E-state index in [2.05, 4.69) is 42.6 Å². The van der Waals surface area contributed by atoms with Gasteiger partial charge < -0.3 is 5.32 Å². The second-order valence-corrected chi connectivity index (χ2v) is 4.13. The van der Waals surface area contributed by atoms with E-state index in [1.54, 1.807) is 5.57 Å². The van der Waals surface area contributed by atoms with Gasteiger partial charge in [0.1, 0.15) is 0 Å². The van der Waals surface area contributed by atoms with E-state index in [1.807, 2.05) is 0 Å². The fourth-order valence-electron chi connectivity index (χ4n) is 2.20. The summed E-state index contributed by atoms with van der Waals surface area (Å²) in [7, 11) is 0. The molecule has 0 aliphatic heterocycles. The Morgan fingerprint density at radius 2 is 1.80 bits per heavy atom. The van der Waals surface area contributed by atoms with Crippen LogP contribution in [0.25, 0.3) is 0 Å². The van der Waals surface area contributed by atoms with Crippen LogP contribution in [-0.2, 0) is 0 Å². The smallest absolute Gasteiger partial charge is 0.0381 e. The quantitative estimate of drug-likeness (QED) is 0.767. The van der Waals surface area contributed by atoms with Crippen molar-refractivity contribution in [3.8, 4) is 0 Å². The molecule has 0 amide bonds. The molecule has 1 heteroatoms. The van der Waals surface area contributed by atoms with Gasteiger partial charge in [0.05, 0.1) is 0 Å². The first-order valence-electron chi connectivity index (χ1n) is 5.93. The van der Waals surface area contributed by atoms with E-state index in [0.29, 0.717) is 0 Å². The first-order valence-corrected chi connectivity index (χ1v) is 5.93. The Labute approximate surface area is 92.2 Å². The highest BCUT2D eigenvalue weighted by Gasteiger charge is 2.10. The average molecular weight is 201 g/mol. The third-order valence-electron chi connectivity index (χ3n) is 3.08. The molecule has 0 saturated carbocycles. The van der Waals surface area contributed by atoms with Gasteiger partial charge in [-0.05, 0) is 44.2 Å². The highest BCUT2D eigenvalue weighted by molar-refractivity contribution is 5.49. The maximum atomic E-state index is 3.56. The molecule has 0 radical (unpaired) electrons. The molecule has 0 aromatic heterocycles. The topological polar surface area (TPSA) is 12.0 Å². The Bertz CT molecular complexity index is 338. The summed E-state index contributed by atoms with van der Waals surface area (Å²) in [6, 6.07) is 10.5. The monoisotopic (exact) mass is 201 g/mol. The summed E-state index contributed by atoms with van der Waals surface area (Å²) in [5, 5.41) is 3.56. The van der Waals surface area contributed by atoms with E-state index in [4.69, 9.17) is 0 Å². The summed E-state index contributed by atoms with van der Waals surface area (Å²) in [5.74, 6) is 0. The fourth-order valence-corrected chi connectivity index (χ4v) is 2.20. The van der Waals surface area contributed by atoms with E-state index in [1.165, 1.54) is 43.5 Å². The molecule has 0 spiro atoms. The number of anilines is 1. The van der Waals surface area contributed by atoms with Crippen LogP contribution in [-0.4, -0.2) is 0 Å². The zero-order valence-electron chi connectivity index (χ0n) is 9.42. The standard InChI is InChI=1S/C14H19N/c1-2-12-8-6-7-11-14(12)15-13-9-4-3-5-10-13/h3-5,9-10,15H,2,6-8,11H2,1H3. The van der Waals surface area contributed by atoms with Crippen molar-refractivity contribution in [2.24, 2.45) is 0 Å². The largest absolute Gasteiger partial charge is 0.359 e. The van der Waals surface area contributed by atoms with Gasteiger partial charge >= 0.3 is 0 Å². The minimum Gasteiger partial charge on any atom is -0.359 e. The normalized spacial score (nSPS) is 16.6. The van der Waals surface area contributed by atoms with E-state index < -0.39 is 0 Å². The third kappa shape index (κ3) is 2.62. The SMILES string of the molecule is CCC1=C(Nc2ccccc2)CCCC1. The van der Waals surface area contributed by atoms with Crippen LogP contribution in [0.4, 0.5) is 5.69 Å². The number of nitrogens with one attached hydrogen (secondary N) is 1. The van der Waals surface area contributed by atoms with Gasteiger partial charge in [0.2, 0.25) is 0 Å². The summed E-state index contributed by atoms with van der Waals surface area (Å²) in [6.45, 7) is 2.26. The van der Waals surface area contributed by atoms with Gasteiger partial charge in [-0.15, -0.1) is 0 Å². The number of hydrogen-bond acceptors (Lipinski definition) is 1. The molecule has 1 aromatic rings. The molecule has 1 nitrogen and oxygen atoms in total. The lowest BCUT2D eigenvalue weighted by atomic mass is 9.94. The highest BCUT2D eigenvalue weighted by atomic mass is 14.9. The van der Waals surface area contributed by atoms with Crippen molar-refractivity contribution in [3.63, 3.8) is 0 Å². The Morgan fingerprint density at radius 1 is 1.07 bits per heavy atom. The number of hydrogen-bond donors (Lipinski definition) is 1. The van der Waals surface area contributed by atoms with Gasteiger partial charge in [0, 0.05) is 11.4 Å². The molecular formula is C14H19N. The lowest BCUT2D eigenvalue weighted by molar-refractivity contribution is 0.658. The predicted molar refractivity (Wildman–Crippen MR) is 65.8 cm³/mol. The summed E-state index contributed by atoms with van der Waals surface area (Å²) >= 11 is 0. The molecule has 1 aromatic carbocycles. The van der Waals surface area contributed by atoms with Crippen LogP contribution >= 0.6 is 0 Å². The third-order valence-corrected chi connectivity index (χ3v) is 3.08. The van der Waals surface area contributed by atoms with E-state index in [0.717, 1.165) is 0 Å². The Morgan fingerprint density at radius 3 is 2.53 bits per heavy atom. The van der Waals surface area contributed by atoms with Crippen LogP contribution in [0.1, 0.15) is 39.0 Å². The predicted octanol–water partition coefficient (Wildman–Crippen LogP) is 4.34. The molecule has 0 fully saturated rings. The molecule has 0 bridgehead atoms. The number of para-hydroxylation sites is 1. The van der Waals surface area contributed by atoms with Gasteiger partial charge in [-0.3, -0.25) is 0 Å². The van der Waals surface area contributed by atoms with Crippen molar-refractivity contribution in [3.05, 3.63) is 41.6 Å². The summed E-state index contributed by atoms with van der Waals surface area (Å²) < 4.78 is 0. The minimum absolute atomic E-state index is 1.19. The van der Waals surface area contributed by atoms with Crippen molar-refractivity contribution in [1.82, 2.24) is 0 Å². The second kappa shape index (κ2) is 5.01. The lowest BCUT2D eigenvalue weighted by Gasteiger charge is -2.21. The molecule has 80 valence electrons. The maximum Gasteiger partial charge on any atom is 0.0381 e. The number of benzene rings is 1. The number of allylic oxidation sites excluding steroid dienone is 2.